The van der Waals surface area contributed by atoms with E-state index < -0.39 is 0 Å². The molecule has 2 aromatic rings. The van der Waals surface area contributed by atoms with Crippen LogP contribution in [0.5, 0.6) is 0 Å². The summed E-state index contributed by atoms with van der Waals surface area (Å²) >= 11 is 5.87. The molecule has 0 fully saturated rings. The number of amides is 1. The predicted octanol–water partition coefficient (Wildman–Crippen LogP) is 3.49. The number of benzene rings is 2. The Morgan fingerprint density at radius 3 is 2.47 bits per heavy atom. The Bertz CT molecular complexity index is 644. The van der Waals surface area contributed by atoms with Crippen molar-refractivity contribution < 1.29 is 4.79 Å². The normalized spacial score (nSPS) is 9.74. The minimum atomic E-state index is -0.146. The van der Waals surface area contributed by atoms with E-state index in [0.29, 0.717) is 16.1 Å². The molecule has 0 aliphatic carbocycles. The van der Waals surface area contributed by atoms with Gasteiger partial charge in [0.05, 0.1) is 11.6 Å². The summed E-state index contributed by atoms with van der Waals surface area (Å²) in [6, 6.07) is 15.7. The molecule has 0 heterocycles. The largest absolute Gasteiger partial charge is 0.311 e. The molecule has 0 N–H and O–H groups in total. The van der Waals surface area contributed by atoms with Crippen LogP contribution in [0.3, 0.4) is 0 Å². The number of hydrogen-bond acceptors (Lipinski definition) is 2. The van der Waals surface area contributed by atoms with Gasteiger partial charge in [-0.15, -0.1) is 0 Å². The Morgan fingerprint density at radius 1 is 1.21 bits per heavy atom. The monoisotopic (exact) mass is 270 g/mol. The summed E-state index contributed by atoms with van der Waals surface area (Å²) < 4.78 is 0. The first-order valence-corrected chi connectivity index (χ1v) is 6.03. The summed E-state index contributed by atoms with van der Waals surface area (Å²) in [7, 11) is 1.69. The van der Waals surface area contributed by atoms with Gasteiger partial charge >= 0.3 is 0 Å². The maximum absolute atomic E-state index is 12.3. The van der Waals surface area contributed by atoms with E-state index in [1.807, 2.05) is 6.07 Å². The molecule has 0 aromatic heterocycles. The van der Waals surface area contributed by atoms with E-state index in [0.717, 1.165) is 5.69 Å². The predicted molar refractivity (Wildman–Crippen MR) is 75.3 cm³/mol. The average molecular weight is 271 g/mol. The van der Waals surface area contributed by atoms with Crippen molar-refractivity contribution in [2.45, 2.75) is 0 Å². The van der Waals surface area contributed by atoms with Crippen LogP contribution in [0.25, 0.3) is 0 Å². The maximum Gasteiger partial charge on any atom is 0.258 e. The van der Waals surface area contributed by atoms with Crippen molar-refractivity contribution in [3.63, 3.8) is 0 Å². The zero-order valence-electron chi connectivity index (χ0n) is 10.3. The Hall–Kier alpha value is -2.31. The van der Waals surface area contributed by atoms with Gasteiger partial charge in [-0.05, 0) is 42.5 Å². The van der Waals surface area contributed by atoms with E-state index in [-0.39, 0.29) is 5.91 Å². The molecule has 94 valence electrons. The van der Waals surface area contributed by atoms with Crippen molar-refractivity contribution in [3.8, 4) is 6.07 Å². The molecule has 4 heteroatoms. The lowest BCUT2D eigenvalue weighted by Crippen LogP contribution is -2.26. The number of rotatable bonds is 2. The Kier molecular flexibility index (Phi) is 3.84. The number of hydrogen-bond donors (Lipinski definition) is 0. The van der Waals surface area contributed by atoms with Gasteiger partial charge in [0.15, 0.2) is 0 Å². The van der Waals surface area contributed by atoms with Gasteiger partial charge in [-0.1, -0.05) is 17.7 Å². The summed E-state index contributed by atoms with van der Waals surface area (Å²) in [6.07, 6.45) is 0. The molecular weight excluding hydrogens is 260 g/mol. The second kappa shape index (κ2) is 5.55. The van der Waals surface area contributed by atoms with Crippen LogP contribution in [0.15, 0.2) is 48.5 Å². The standard InChI is InChI=1S/C15H11ClN2O/c1-18(14-7-5-11(10-17)6-8-14)15(19)12-3-2-4-13(16)9-12/h2-9H,1H3. The van der Waals surface area contributed by atoms with E-state index >= 15 is 0 Å². The highest BCUT2D eigenvalue weighted by Gasteiger charge is 2.13. The number of carbonyl (C=O) groups is 1. The molecule has 2 rings (SSSR count). The van der Waals surface area contributed by atoms with Gasteiger partial charge in [0.1, 0.15) is 0 Å². The van der Waals surface area contributed by atoms with E-state index in [2.05, 4.69) is 0 Å². The van der Waals surface area contributed by atoms with Gasteiger partial charge < -0.3 is 4.90 Å². The van der Waals surface area contributed by atoms with E-state index in [4.69, 9.17) is 16.9 Å². The van der Waals surface area contributed by atoms with Crippen molar-refractivity contribution in [2.24, 2.45) is 0 Å². The minimum absolute atomic E-state index is 0.146. The fraction of sp³-hybridized carbons (Fsp3) is 0.0667. The summed E-state index contributed by atoms with van der Waals surface area (Å²) in [5, 5.41) is 9.27. The maximum atomic E-state index is 12.3. The summed E-state index contributed by atoms with van der Waals surface area (Å²) in [5.74, 6) is -0.146. The third kappa shape index (κ3) is 2.93. The fourth-order valence-corrected chi connectivity index (χ4v) is 1.88. The zero-order valence-corrected chi connectivity index (χ0v) is 11.1. The number of carbonyl (C=O) groups excluding carboxylic acids is 1. The molecule has 0 aliphatic rings. The van der Waals surface area contributed by atoms with Crippen LogP contribution < -0.4 is 4.90 Å². The molecule has 2 aromatic carbocycles. The first kappa shape index (κ1) is 13.1. The lowest BCUT2D eigenvalue weighted by molar-refractivity contribution is 0.0993. The number of anilines is 1. The highest BCUT2D eigenvalue weighted by Crippen LogP contribution is 2.18. The average Bonchev–Trinajstić information content (AvgIpc) is 2.46. The lowest BCUT2D eigenvalue weighted by atomic mass is 10.1. The lowest BCUT2D eigenvalue weighted by Gasteiger charge is -2.17. The smallest absolute Gasteiger partial charge is 0.258 e. The Labute approximate surface area is 116 Å². The van der Waals surface area contributed by atoms with Crippen LogP contribution in [0.2, 0.25) is 5.02 Å². The second-order valence-corrected chi connectivity index (χ2v) is 4.47. The topological polar surface area (TPSA) is 44.1 Å². The zero-order chi connectivity index (χ0) is 13.8. The molecule has 3 nitrogen and oxygen atoms in total. The third-order valence-electron chi connectivity index (χ3n) is 2.76. The molecule has 0 bridgehead atoms. The summed E-state index contributed by atoms with van der Waals surface area (Å²) in [5.41, 5.74) is 1.82. The summed E-state index contributed by atoms with van der Waals surface area (Å²) in [6.45, 7) is 0. The quantitative estimate of drug-likeness (QED) is 0.838. The Balaban J connectivity index is 2.26. The SMILES string of the molecule is CN(C(=O)c1cccc(Cl)c1)c1ccc(C#N)cc1. The molecule has 1 amide bonds. The first-order chi connectivity index (χ1) is 9.11. The van der Waals surface area contributed by atoms with Crippen molar-refractivity contribution in [2.75, 3.05) is 11.9 Å². The van der Waals surface area contributed by atoms with Gasteiger partial charge in [-0.3, -0.25) is 4.79 Å². The van der Waals surface area contributed by atoms with Crippen molar-refractivity contribution in [1.82, 2.24) is 0 Å². The van der Waals surface area contributed by atoms with E-state index in [1.54, 1.807) is 55.6 Å². The first-order valence-electron chi connectivity index (χ1n) is 5.65. The van der Waals surface area contributed by atoms with Crippen molar-refractivity contribution >= 4 is 23.2 Å². The van der Waals surface area contributed by atoms with Gasteiger partial charge in [0.2, 0.25) is 0 Å². The highest BCUT2D eigenvalue weighted by atomic mass is 35.5. The van der Waals surface area contributed by atoms with Crippen molar-refractivity contribution in [1.29, 1.82) is 5.26 Å². The van der Waals surface area contributed by atoms with Crippen LogP contribution in [-0.2, 0) is 0 Å². The van der Waals surface area contributed by atoms with E-state index in [9.17, 15) is 4.79 Å². The Morgan fingerprint density at radius 2 is 1.89 bits per heavy atom. The van der Waals surface area contributed by atoms with Gasteiger partial charge in [0, 0.05) is 23.3 Å². The molecule has 0 saturated carbocycles. The summed E-state index contributed by atoms with van der Waals surface area (Å²) in [4.78, 5) is 13.8. The molecular formula is C15H11ClN2O. The molecule has 0 atom stereocenters. The molecule has 0 spiro atoms. The van der Waals surface area contributed by atoms with E-state index in [1.165, 1.54) is 4.90 Å². The minimum Gasteiger partial charge on any atom is -0.311 e. The second-order valence-electron chi connectivity index (χ2n) is 4.03. The van der Waals surface area contributed by atoms with Crippen molar-refractivity contribution in [3.05, 3.63) is 64.7 Å². The molecule has 0 aliphatic heterocycles. The van der Waals surface area contributed by atoms with Gasteiger partial charge in [0.25, 0.3) is 5.91 Å². The van der Waals surface area contributed by atoms with Crippen LogP contribution >= 0.6 is 11.6 Å². The molecule has 0 saturated heterocycles. The third-order valence-corrected chi connectivity index (χ3v) is 3.00. The van der Waals surface area contributed by atoms with Gasteiger partial charge in [-0.25, -0.2) is 0 Å². The van der Waals surface area contributed by atoms with Gasteiger partial charge in [-0.2, -0.15) is 5.26 Å². The number of nitriles is 1. The number of nitrogens with zero attached hydrogens (tertiary/aromatic N) is 2. The van der Waals surface area contributed by atoms with Crippen LogP contribution in [0.4, 0.5) is 5.69 Å². The van der Waals surface area contributed by atoms with Crippen LogP contribution in [0, 0.1) is 11.3 Å². The van der Waals surface area contributed by atoms with Crippen LogP contribution in [-0.4, -0.2) is 13.0 Å². The molecule has 19 heavy (non-hydrogen) atoms. The molecule has 0 unspecified atom stereocenters. The van der Waals surface area contributed by atoms with Crippen LogP contribution in [0.1, 0.15) is 15.9 Å². The highest BCUT2D eigenvalue weighted by molar-refractivity contribution is 6.31. The number of halogens is 1. The molecule has 0 radical (unpaired) electrons. The fourth-order valence-electron chi connectivity index (χ4n) is 1.69.